The van der Waals surface area contributed by atoms with Gasteiger partial charge in [0.15, 0.2) is 5.96 Å². The van der Waals surface area contributed by atoms with Gasteiger partial charge in [0.2, 0.25) is 0 Å². The van der Waals surface area contributed by atoms with Crippen molar-refractivity contribution in [2.24, 2.45) is 4.99 Å². The minimum absolute atomic E-state index is 0.0468. The Balaban J connectivity index is 2.70. The summed E-state index contributed by atoms with van der Waals surface area (Å²) in [6, 6.07) is 7.64. The fourth-order valence-corrected chi connectivity index (χ4v) is 2.40. The second-order valence-corrected chi connectivity index (χ2v) is 8.79. The molecule has 0 fully saturated rings. The highest BCUT2D eigenvalue weighted by molar-refractivity contribution is 7.99. The number of hydrogen-bond acceptors (Lipinski definition) is 4. The van der Waals surface area contributed by atoms with Crippen molar-refractivity contribution in [1.82, 2.24) is 20.9 Å². The minimum atomic E-state index is -0.0468. The van der Waals surface area contributed by atoms with Gasteiger partial charge < -0.3 is 20.9 Å². The molecule has 7 heteroatoms. The molecule has 0 atom stereocenters. The number of aliphatic imine (C=N–C) groups is 1. The van der Waals surface area contributed by atoms with Crippen molar-refractivity contribution in [3.8, 4) is 0 Å². The molecule has 0 bridgehead atoms. The summed E-state index contributed by atoms with van der Waals surface area (Å²) in [5.74, 6) is 0.745. The van der Waals surface area contributed by atoms with Crippen molar-refractivity contribution < 1.29 is 4.79 Å². The molecular weight excluding hydrogens is 358 g/mol. The van der Waals surface area contributed by atoms with E-state index in [-0.39, 0.29) is 10.7 Å². The average molecular weight is 394 g/mol. The van der Waals surface area contributed by atoms with Gasteiger partial charge in [-0.2, -0.15) is 11.8 Å². The van der Waals surface area contributed by atoms with Gasteiger partial charge in [-0.15, -0.1) is 0 Å². The predicted molar refractivity (Wildman–Crippen MR) is 118 cm³/mol. The molecule has 0 radical (unpaired) electrons. The molecule has 0 aromatic heterocycles. The van der Waals surface area contributed by atoms with E-state index in [0.29, 0.717) is 18.7 Å². The summed E-state index contributed by atoms with van der Waals surface area (Å²) < 4.78 is 0.140. The molecule has 1 rings (SSSR count). The maximum absolute atomic E-state index is 12.3. The number of carbonyl (C=O) groups excluding carboxylic acids is 1. The quantitative estimate of drug-likeness (QED) is 0.420. The normalized spacial score (nSPS) is 12.2. The van der Waals surface area contributed by atoms with Crippen molar-refractivity contribution in [3.05, 3.63) is 35.4 Å². The molecule has 0 heterocycles. The summed E-state index contributed by atoms with van der Waals surface area (Å²) in [5.41, 5.74) is 1.68. The van der Waals surface area contributed by atoms with E-state index in [1.165, 1.54) is 0 Å². The molecule has 0 aliphatic rings. The van der Waals surface area contributed by atoms with Crippen LogP contribution in [0.5, 0.6) is 0 Å². The number of carbonyl (C=O) groups is 1. The Bertz CT molecular complexity index is 616. The zero-order chi connectivity index (χ0) is 20.3. The molecular formula is C20H35N5OS. The van der Waals surface area contributed by atoms with Gasteiger partial charge in [-0.25, -0.2) is 4.99 Å². The highest BCUT2D eigenvalue weighted by Gasteiger charge is 2.16. The van der Waals surface area contributed by atoms with Crippen LogP contribution < -0.4 is 16.0 Å². The van der Waals surface area contributed by atoms with Gasteiger partial charge in [-0.1, -0.05) is 12.1 Å². The van der Waals surface area contributed by atoms with Crippen molar-refractivity contribution in [2.75, 3.05) is 46.5 Å². The lowest BCUT2D eigenvalue weighted by molar-refractivity contribution is 0.0951. The van der Waals surface area contributed by atoms with Gasteiger partial charge in [-0.3, -0.25) is 4.79 Å². The Morgan fingerprint density at radius 2 is 1.96 bits per heavy atom. The minimum Gasteiger partial charge on any atom is -0.357 e. The van der Waals surface area contributed by atoms with E-state index < -0.39 is 0 Å². The Hall–Kier alpha value is -1.73. The van der Waals surface area contributed by atoms with Crippen molar-refractivity contribution in [3.63, 3.8) is 0 Å². The lowest BCUT2D eigenvalue weighted by Gasteiger charge is -2.23. The third kappa shape index (κ3) is 9.68. The SMILES string of the molecule is CCNC(=NCc1cccc(C(=O)NCCN(C)C)c1)NCC(C)(C)SC. The molecule has 0 aliphatic heterocycles. The standard InChI is InChI=1S/C20H35N5OS/c1-7-21-19(24-15-20(2,3)27-6)23-14-16-9-8-10-17(13-16)18(26)22-11-12-25(4)5/h8-10,13H,7,11-12,14-15H2,1-6H3,(H,22,26)(H2,21,23,24). The number of amides is 1. The molecule has 1 aromatic rings. The van der Waals surface area contributed by atoms with Crippen LogP contribution >= 0.6 is 11.8 Å². The average Bonchev–Trinajstić information content (AvgIpc) is 2.64. The van der Waals surface area contributed by atoms with Crippen LogP contribution in [-0.4, -0.2) is 68.0 Å². The number of nitrogens with one attached hydrogen (secondary N) is 3. The molecule has 1 amide bonds. The van der Waals surface area contributed by atoms with E-state index in [4.69, 9.17) is 0 Å². The molecule has 6 nitrogen and oxygen atoms in total. The van der Waals surface area contributed by atoms with Gasteiger partial charge >= 0.3 is 0 Å². The summed E-state index contributed by atoms with van der Waals surface area (Å²) in [6.07, 6.45) is 2.11. The van der Waals surface area contributed by atoms with Gasteiger partial charge in [0.05, 0.1) is 6.54 Å². The fourth-order valence-electron chi connectivity index (χ4n) is 2.19. The van der Waals surface area contributed by atoms with E-state index in [0.717, 1.165) is 31.2 Å². The second-order valence-electron chi connectivity index (χ2n) is 7.27. The van der Waals surface area contributed by atoms with Crippen LogP contribution in [0.25, 0.3) is 0 Å². The van der Waals surface area contributed by atoms with E-state index in [2.05, 4.69) is 48.0 Å². The summed E-state index contributed by atoms with van der Waals surface area (Å²) in [7, 11) is 3.97. The topological polar surface area (TPSA) is 68.8 Å². The highest BCUT2D eigenvalue weighted by Crippen LogP contribution is 2.19. The van der Waals surface area contributed by atoms with Crippen molar-refractivity contribution in [2.45, 2.75) is 32.1 Å². The molecule has 0 saturated heterocycles. The maximum Gasteiger partial charge on any atom is 0.251 e. The zero-order valence-electron chi connectivity index (χ0n) is 17.6. The zero-order valence-corrected chi connectivity index (χ0v) is 18.4. The molecule has 0 unspecified atom stereocenters. The molecule has 0 spiro atoms. The Morgan fingerprint density at radius 3 is 2.59 bits per heavy atom. The highest BCUT2D eigenvalue weighted by atomic mass is 32.2. The molecule has 0 saturated carbocycles. The lowest BCUT2D eigenvalue weighted by Crippen LogP contribution is -2.43. The lowest BCUT2D eigenvalue weighted by atomic mass is 10.1. The molecule has 1 aromatic carbocycles. The fraction of sp³-hybridized carbons (Fsp3) is 0.600. The first-order valence-corrected chi connectivity index (χ1v) is 10.6. The van der Waals surface area contributed by atoms with E-state index in [1.807, 2.05) is 55.0 Å². The van der Waals surface area contributed by atoms with E-state index >= 15 is 0 Å². The Morgan fingerprint density at radius 1 is 1.22 bits per heavy atom. The number of likely N-dealkylation sites (N-methyl/N-ethyl adjacent to an activating group) is 1. The summed E-state index contributed by atoms with van der Waals surface area (Å²) >= 11 is 1.82. The van der Waals surface area contributed by atoms with Crippen molar-refractivity contribution >= 4 is 23.6 Å². The summed E-state index contributed by atoms with van der Waals surface area (Å²) in [4.78, 5) is 19.0. The third-order valence-corrected chi connectivity index (χ3v) is 5.28. The van der Waals surface area contributed by atoms with E-state index in [1.54, 1.807) is 0 Å². The number of rotatable bonds is 10. The molecule has 0 aliphatic carbocycles. The van der Waals surface area contributed by atoms with Crippen LogP contribution in [0, 0.1) is 0 Å². The third-order valence-electron chi connectivity index (χ3n) is 4.03. The Labute approximate surface area is 168 Å². The van der Waals surface area contributed by atoms with Crippen LogP contribution in [0.15, 0.2) is 29.3 Å². The van der Waals surface area contributed by atoms with Crippen LogP contribution in [0.3, 0.4) is 0 Å². The largest absolute Gasteiger partial charge is 0.357 e. The molecule has 3 N–H and O–H groups in total. The number of benzene rings is 1. The first kappa shape index (κ1) is 23.3. The summed E-state index contributed by atoms with van der Waals surface area (Å²) in [5, 5.41) is 9.61. The monoisotopic (exact) mass is 393 g/mol. The van der Waals surface area contributed by atoms with E-state index in [9.17, 15) is 4.79 Å². The van der Waals surface area contributed by atoms with Gasteiger partial charge in [0.1, 0.15) is 0 Å². The summed E-state index contributed by atoms with van der Waals surface area (Å²) in [6.45, 7) is 10.1. The smallest absolute Gasteiger partial charge is 0.251 e. The first-order valence-electron chi connectivity index (χ1n) is 9.36. The van der Waals surface area contributed by atoms with Gasteiger partial charge in [0.25, 0.3) is 5.91 Å². The van der Waals surface area contributed by atoms with Gasteiger partial charge in [-0.05, 0) is 58.8 Å². The number of nitrogens with zero attached hydrogens (tertiary/aromatic N) is 2. The van der Waals surface area contributed by atoms with Crippen LogP contribution in [0.1, 0.15) is 36.7 Å². The maximum atomic E-state index is 12.3. The van der Waals surface area contributed by atoms with Crippen LogP contribution in [0.4, 0.5) is 0 Å². The van der Waals surface area contributed by atoms with Crippen LogP contribution in [0.2, 0.25) is 0 Å². The predicted octanol–water partition coefficient (Wildman–Crippen LogP) is 2.17. The van der Waals surface area contributed by atoms with Gasteiger partial charge in [0, 0.05) is 36.5 Å². The second kappa shape index (κ2) is 11.9. The first-order chi connectivity index (χ1) is 12.8. The number of hydrogen-bond donors (Lipinski definition) is 3. The van der Waals surface area contributed by atoms with Crippen LogP contribution in [-0.2, 0) is 6.54 Å². The molecule has 152 valence electrons. The Kier molecular flexibility index (Phi) is 10.3. The molecule has 27 heavy (non-hydrogen) atoms. The number of thioether (sulfide) groups is 1. The number of guanidine groups is 1. The van der Waals surface area contributed by atoms with Crippen molar-refractivity contribution in [1.29, 1.82) is 0 Å².